The molecule has 0 saturated carbocycles. The molecule has 0 heterocycles. The summed E-state index contributed by atoms with van der Waals surface area (Å²) in [7, 11) is 0. The molecule has 0 aliphatic heterocycles. The standard InChI is InChI=1S/C7H3ClF4/c8-5-2-1-4(3-6(5)9)7(10,11)12/h1-3H. The Morgan fingerprint density at radius 2 is 1.75 bits per heavy atom. The summed E-state index contributed by atoms with van der Waals surface area (Å²) in [5.74, 6) is -1.06. The summed E-state index contributed by atoms with van der Waals surface area (Å²) in [4.78, 5) is 0. The van der Waals surface area contributed by atoms with Crippen molar-refractivity contribution in [3.63, 3.8) is 0 Å². The van der Waals surface area contributed by atoms with E-state index in [2.05, 4.69) is 0 Å². The van der Waals surface area contributed by atoms with Crippen molar-refractivity contribution in [2.45, 2.75) is 6.18 Å². The second-order valence-corrected chi connectivity index (χ2v) is 2.53. The van der Waals surface area contributed by atoms with Crippen molar-refractivity contribution in [2.24, 2.45) is 0 Å². The fourth-order valence-electron chi connectivity index (χ4n) is 0.672. The Balaban J connectivity index is 3.14. The van der Waals surface area contributed by atoms with Crippen LogP contribution in [0.4, 0.5) is 17.6 Å². The van der Waals surface area contributed by atoms with Crippen molar-refractivity contribution in [1.29, 1.82) is 0 Å². The van der Waals surface area contributed by atoms with Gasteiger partial charge in [0.15, 0.2) is 0 Å². The molecule has 0 bridgehead atoms. The third-order valence-corrected chi connectivity index (χ3v) is 1.55. The van der Waals surface area contributed by atoms with Crippen LogP contribution in [0.2, 0.25) is 5.02 Å². The highest BCUT2D eigenvalue weighted by atomic mass is 35.5. The van der Waals surface area contributed by atoms with Crippen LogP contribution >= 0.6 is 11.6 Å². The molecule has 0 aliphatic rings. The Morgan fingerprint density at radius 3 is 2.17 bits per heavy atom. The zero-order chi connectivity index (χ0) is 9.35. The van der Waals surface area contributed by atoms with Crippen LogP contribution in [0.3, 0.4) is 0 Å². The maximum Gasteiger partial charge on any atom is 0.416 e. The molecule has 0 unspecified atom stereocenters. The number of benzene rings is 1. The molecule has 0 atom stereocenters. The van der Waals surface area contributed by atoms with E-state index in [4.69, 9.17) is 11.6 Å². The molecule has 0 N–H and O–H groups in total. The van der Waals surface area contributed by atoms with E-state index in [1.165, 1.54) is 0 Å². The van der Waals surface area contributed by atoms with Crippen molar-refractivity contribution < 1.29 is 17.6 Å². The van der Waals surface area contributed by atoms with Gasteiger partial charge in [0.25, 0.3) is 0 Å². The number of alkyl halides is 3. The van der Waals surface area contributed by atoms with Crippen LogP contribution in [0.5, 0.6) is 0 Å². The molecule has 0 saturated heterocycles. The Hall–Kier alpha value is -0.770. The van der Waals surface area contributed by atoms with Crippen molar-refractivity contribution in [3.05, 3.63) is 34.6 Å². The summed E-state index contributed by atoms with van der Waals surface area (Å²) in [5, 5.41) is -0.317. The molecule has 0 nitrogen and oxygen atoms in total. The van der Waals surface area contributed by atoms with Gasteiger partial charge in [-0.05, 0) is 18.2 Å². The van der Waals surface area contributed by atoms with Gasteiger partial charge >= 0.3 is 6.18 Å². The van der Waals surface area contributed by atoms with E-state index in [0.29, 0.717) is 6.07 Å². The average molecular weight is 199 g/mol. The van der Waals surface area contributed by atoms with E-state index < -0.39 is 17.6 Å². The van der Waals surface area contributed by atoms with Crippen LogP contribution < -0.4 is 0 Å². The van der Waals surface area contributed by atoms with Gasteiger partial charge in [-0.25, -0.2) is 4.39 Å². The molecular weight excluding hydrogens is 196 g/mol. The first-order valence-electron chi connectivity index (χ1n) is 2.93. The zero-order valence-electron chi connectivity index (χ0n) is 5.62. The van der Waals surface area contributed by atoms with Gasteiger partial charge < -0.3 is 0 Å². The quantitative estimate of drug-likeness (QED) is 0.560. The molecule has 0 aliphatic carbocycles. The maximum atomic E-state index is 12.5. The monoisotopic (exact) mass is 198 g/mol. The Labute approximate surface area is 70.8 Å². The van der Waals surface area contributed by atoms with E-state index in [9.17, 15) is 17.6 Å². The molecule has 66 valence electrons. The van der Waals surface area contributed by atoms with E-state index in [1.54, 1.807) is 0 Å². The second-order valence-electron chi connectivity index (χ2n) is 2.13. The number of halogens is 5. The van der Waals surface area contributed by atoms with Crippen LogP contribution in [0, 0.1) is 5.82 Å². The predicted octanol–water partition coefficient (Wildman–Crippen LogP) is 3.50. The zero-order valence-corrected chi connectivity index (χ0v) is 6.38. The first kappa shape index (κ1) is 9.32. The van der Waals surface area contributed by atoms with Crippen molar-refractivity contribution >= 4 is 11.6 Å². The summed E-state index contributed by atoms with van der Waals surface area (Å²) >= 11 is 5.19. The highest BCUT2D eigenvalue weighted by molar-refractivity contribution is 6.30. The minimum Gasteiger partial charge on any atom is -0.205 e. The van der Waals surface area contributed by atoms with Gasteiger partial charge in [-0.2, -0.15) is 13.2 Å². The summed E-state index contributed by atoms with van der Waals surface area (Å²) in [5.41, 5.74) is -1.04. The lowest BCUT2D eigenvalue weighted by Crippen LogP contribution is -2.04. The third-order valence-electron chi connectivity index (χ3n) is 1.25. The lowest BCUT2D eigenvalue weighted by Gasteiger charge is -2.05. The number of hydrogen-bond donors (Lipinski definition) is 0. The Bertz CT molecular complexity index is 292. The van der Waals surface area contributed by atoms with Gasteiger partial charge in [0, 0.05) is 0 Å². The van der Waals surface area contributed by atoms with Crippen molar-refractivity contribution in [1.82, 2.24) is 0 Å². The maximum absolute atomic E-state index is 12.5. The Morgan fingerprint density at radius 1 is 1.17 bits per heavy atom. The van der Waals surface area contributed by atoms with Gasteiger partial charge in [0.2, 0.25) is 0 Å². The van der Waals surface area contributed by atoms with E-state index in [1.807, 2.05) is 0 Å². The first-order chi connectivity index (χ1) is 5.41. The van der Waals surface area contributed by atoms with Gasteiger partial charge in [-0.1, -0.05) is 11.6 Å². The highest BCUT2D eigenvalue weighted by Gasteiger charge is 2.30. The van der Waals surface area contributed by atoms with Gasteiger partial charge in [0.1, 0.15) is 5.82 Å². The molecule has 1 aromatic carbocycles. The van der Waals surface area contributed by atoms with Gasteiger partial charge in [-0.15, -0.1) is 0 Å². The number of hydrogen-bond acceptors (Lipinski definition) is 0. The third kappa shape index (κ3) is 1.88. The molecule has 12 heavy (non-hydrogen) atoms. The summed E-state index contributed by atoms with van der Waals surface area (Å²) in [6, 6.07) is 1.97. The molecule has 0 radical (unpaired) electrons. The molecular formula is C7H3ClF4. The lowest BCUT2D eigenvalue weighted by atomic mass is 10.2. The molecule has 1 aromatic rings. The molecule has 0 spiro atoms. The molecule has 0 aromatic heterocycles. The van der Waals surface area contributed by atoms with Gasteiger partial charge in [-0.3, -0.25) is 0 Å². The van der Waals surface area contributed by atoms with Crippen LogP contribution in [0.15, 0.2) is 18.2 Å². The van der Waals surface area contributed by atoms with Crippen LogP contribution in [-0.4, -0.2) is 0 Å². The lowest BCUT2D eigenvalue weighted by molar-refractivity contribution is -0.137. The minimum absolute atomic E-state index is 0.317. The van der Waals surface area contributed by atoms with Crippen LogP contribution in [0.25, 0.3) is 0 Å². The summed E-state index contributed by atoms with van der Waals surface area (Å²) < 4.78 is 48.1. The largest absolute Gasteiger partial charge is 0.416 e. The fraction of sp³-hybridized carbons (Fsp3) is 0.143. The number of rotatable bonds is 0. The van der Waals surface area contributed by atoms with Crippen LogP contribution in [-0.2, 0) is 6.18 Å². The van der Waals surface area contributed by atoms with Crippen molar-refractivity contribution in [3.8, 4) is 0 Å². The smallest absolute Gasteiger partial charge is 0.205 e. The molecule has 1 rings (SSSR count). The average Bonchev–Trinajstić information content (AvgIpc) is 1.92. The normalized spacial score (nSPS) is 11.8. The second kappa shape index (κ2) is 2.94. The minimum atomic E-state index is -4.52. The van der Waals surface area contributed by atoms with E-state index in [0.717, 1.165) is 12.1 Å². The SMILES string of the molecule is Fc1cc(C(F)(F)F)ccc1Cl. The van der Waals surface area contributed by atoms with E-state index >= 15 is 0 Å². The fourth-order valence-corrected chi connectivity index (χ4v) is 0.790. The summed E-state index contributed by atoms with van der Waals surface area (Å²) in [6.45, 7) is 0. The molecule has 0 amide bonds. The Kier molecular flexibility index (Phi) is 2.28. The van der Waals surface area contributed by atoms with Crippen LogP contribution in [0.1, 0.15) is 5.56 Å². The molecule has 5 heteroatoms. The van der Waals surface area contributed by atoms with Crippen molar-refractivity contribution in [2.75, 3.05) is 0 Å². The summed E-state index contributed by atoms with van der Waals surface area (Å²) in [6.07, 6.45) is -4.52. The first-order valence-corrected chi connectivity index (χ1v) is 3.31. The highest BCUT2D eigenvalue weighted by Crippen LogP contribution is 2.30. The van der Waals surface area contributed by atoms with Gasteiger partial charge in [0.05, 0.1) is 10.6 Å². The topological polar surface area (TPSA) is 0 Å². The van der Waals surface area contributed by atoms with E-state index in [-0.39, 0.29) is 5.02 Å². The predicted molar refractivity (Wildman–Crippen MR) is 36.4 cm³/mol. The molecule has 0 fully saturated rings.